The summed E-state index contributed by atoms with van der Waals surface area (Å²) >= 11 is 0. The standard InChI is InChI=1S/C18H24N2O/c1-5-9-20-18(15-8-6-7-10-19-15)17-14(3)11-13(2)12-16(17)21-4/h6-8,10-12,18,20H,5,9H2,1-4H3. The second-order valence-electron chi connectivity index (χ2n) is 5.34. The predicted octanol–water partition coefficient (Wildman–Crippen LogP) is 3.80. The molecule has 0 bridgehead atoms. The highest BCUT2D eigenvalue weighted by Gasteiger charge is 2.21. The Balaban J connectivity index is 2.51. The van der Waals surface area contributed by atoms with Crippen molar-refractivity contribution in [2.45, 2.75) is 33.2 Å². The molecule has 1 atom stereocenters. The van der Waals surface area contributed by atoms with Gasteiger partial charge in [-0.05, 0) is 56.1 Å². The zero-order valence-corrected chi connectivity index (χ0v) is 13.3. The van der Waals surface area contributed by atoms with E-state index in [0.717, 1.165) is 24.4 Å². The summed E-state index contributed by atoms with van der Waals surface area (Å²) in [7, 11) is 1.73. The van der Waals surface area contributed by atoms with E-state index in [9.17, 15) is 0 Å². The molecule has 0 spiro atoms. The van der Waals surface area contributed by atoms with Crippen LogP contribution in [0.25, 0.3) is 0 Å². The maximum Gasteiger partial charge on any atom is 0.124 e. The lowest BCUT2D eigenvalue weighted by Gasteiger charge is -2.23. The molecule has 1 aromatic carbocycles. The van der Waals surface area contributed by atoms with Gasteiger partial charge in [0.2, 0.25) is 0 Å². The minimum absolute atomic E-state index is 0.0571. The molecule has 2 aromatic rings. The van der Waals surface area contributed by atoms with Crippen molar-refractivity contribution in [3.05, 3.63) is 58.9 Å². The molecule has 0 saturated heterocycles. The van der Waals surface area contributed by atoms with Crippen molar-refractivity contribution in [2.24, 2.45) is 0 Å². The van der Waals surface area contributed by atoms with Gasteiger partial charge in [-0.1, -0.05) is 19.1 Å². The van der Waals surface area contributed by atoms with E-state index in [4.69, 9.17) is 4.74 Å². The molecular weight excluding hydrogens is 260 g/mol. The third-order valence-electron chi connectivity index (χ3n) is 3.58. The van der Waals surface area contributed by atoms with Crippen molar-refractivity contribution in [3.63, 3.8) is 0 Å². The molecule has 1 heterocycles. The molecule has 1 unspecified atom stereocenters. The fourth-order valence-corrected chi connectivity index (χ4v) is 2.67. The van der Waals surface area contributed by atoms with Gasteiger partial charge < -0.3 is 10.1 Å². The van der Waals surface area contributed by atoms with Crippen molar-refractivity contribution >= 4 is 0 Å². The molecule has 0 aliphatic carbocycles. The summed E-state index contributed by atoms with van der Waals surface area (Å²) in [5.74, 6) is 0.923. The first-order valence-corrected chi connectivity index (χ1v) is 7.46. The Labute approximate surface area is 127 Å². The Morgan fingerprint density at radius 1 is 1.24 bits per heavy atom. The zero-order chi connectivity index (χ0) is 15.2. The Morgan fingerprint density at radius 2 is 2.05 bits per heavy atom. The van der Waals surface area contributed by atoms with E-state index in [1.165, 1.54) is 16.7 Å². The van der Waals surface area contributed by atoms with Crippen LogP contribution in [0, 0.1) is 13.8 Å². The molecule has 0 fully saturated rings. The number of hydrogen-bond donors (Lipinski definition) is 1. The Hall–Kier alpha value is -1.87. The first-order valence-electron chi connectivity index (χ1n) is 7.46. The van der Waals surface area contributed by atoms with Gasteiger partial charge in [0.1, 0.15) is 5.75 Å². The molecular formula is C18H24N2O. The van der Waals surface area contributed by atoms with Gasteiger partial charge in [0.25, 0.3) is 0 Å². The normalized spacial score (nSPS) is 12.2. The fourth-order valence-electron chi connectivity index (χ4n) is 2.67. The summed E-state index contributed by atoms with van der Waals surface area (Å²) in [6.07, 6.45) is 2.92. The lowest BCUT2D eigenvalue weighted by atomic mass is 9.95. The number of nitrogens with zero attached hydrogens (tertiary/aromatic N) is 1. The van der Waals surface area contributed by atoms with Crippen molar-refractivity contribution in [2.75, 3.05) is 13.7 Å². The van der Waals surface area contributed by atoms with Gasteiger partial charge in [0.05, 0.1) is 18.8 Å². The number of aryl methyl sites for hydroxylation is 2. The van der Waals surface area contributed by atoms with Crippen molar-refractivity contribution in [3.8, 4) is 5.75 Å². The fraction of sp³-hybridized carbons (Fsp3) is 0.389. The molecule has 1 N–H and O–H groups in total. The highest BCUT2D eigenvalue weighted by atomic mass is 16.5. The van der Waals surface area contributed by atoms with Gasteiger partial charge in [0.15, 0.2) is 0 Å². The minimum atomic E-state index is 0.0571. The third-order valence-corrected chi connectivity index (χ3v) is 3.58. The predicted molar refractivity (Wildman–Crippen MR) is 86.8 cm³/mol. The number of hydrogen-bond acceptors (Lipinski definition) is 3. The highest BCUT2D eigenvalue weighted by molar-refractivity contribution is 5.47. The molecule has 1 aromatic heterocycles. The maximum absolute atomic E-state index is 5.62. The van der Waals surface area contributed by atoms with Crippen molar-refractivity contribution < 1.29 is 4.74 Å². The van der Waals surface area contributed by atoms with Crippen LogP contribution in [0.5, 0.6) is 5.75 Å². The quantitative estimate of drug-likeness (QED) is 0.876. The average molecular weight is 284 g/mol. The molecule has 2 rings (SSSR count). The van der Waals surface area contributed by atoms with Crippen LogP contribution in [0.1, 0.15) is 41.8 Å². The maximum atomic E-state index is 5.62. The van der Waals surface area contributed by atoms with Crippen LogP contribution in [0.3, 0.4) is 0 Å². The number of ether oxygens (including phenoxy) is 1. The molecule has 21 heavy (non-hydrogen) atoms. The Kier molecular flexibility index (Phi) is 5.34. The van der Waals surface area contributed by atoms with Gasteiger partial charge in [0, 0.05) is 11.8 Å². The number of benzene rings is 1. The first kappa shape index (κ1) is 15.5. The van der Waals surface area contributed by atoms with E-state index in [-0.39, 0.29) is 6.04 Å². The van der Waals surface area contributed by atoms with Crippen molar-refractivity contribution in [1.29, 1.82) is 0 Å². The van der Waals surface area contributed by atoms with Crippen LogP contribution >= 0.6 is 0 Å². The van der Waals surface area contributed by atoms with Gasteiger partial charge in [-0.25, -0.2) is 0 Å². The molecule has 0 radical (unpaired) electrons. The molecule has 0 amide bonds. The number of methoxy groups -OCH3 is 1. The third kappa shape index (κ3) is 3.61. The molecule has 0 saturated carbocycles. The van der Waals surface area contributed by atoms with Gasteiger partial charge in [-0.15, -0.1) is 0 Å². The second kappa shape index (κ2) is 7.23. The van der Waals surface area contributed by atoms with Gasteiger partial charge >= 0.3 is 0 Å². The molecule has 0 aliphatic rings. The summed E-state index contributed by atoms with van der Waals surface area (Å²) < 4.78 is 5.62. The lowest BCUT2D eigenvalue weighted by Crippen LogP contribution is -2.25. The van der Waals surface area contributed by atoms with E-state index in [1.807, 2.05) is 18.3 Å². The SMILES string of the molecule is CCCNC(c1ccccn1)c1c(C)cc(C)cc1OC. The van der Waals surface area contributed by atoms with Crippen LogP contribution in [0.4, 0.5) is 0 Å². The Bertz CT molecular complexity index is 581. The van der Waals surface area contributed by atoms with Gasteiger partial charge in [-0.3, -0.25) is 4.98 Å². The minimum Gasteiger partial charge on any atom is -0.496 e. The Morgan fingerprint density at radius 3 is 2.67 bits per heavy atom. The molecule has 0 aliphatic heterocycles. The number of rotatable bonds is 6. The highest BCUT2D eigenvalue weighted by Crippen LogP contribution is 2.33. The van der Waals surface area contributed by atoms with Crippen LogP contribution < -0.4 is 10.1 Å². The summed E-state index contributed by atoms with van der Waals surface area (Å²) in [4.78, 5) is 4.53. The van der Waals surface area contributed by atoms with E-state index >= 15 is 0 Å². The first-order chi connectivity index (χ1) is 10.2. The second-order valence-corrected chi connectivity index (χ2v) is 5.34. The summed E-state index contributed by atoms with van der Waals surface area (Å²) in [6, 6.07) is 10.4. The monoisotopic (exact) mass is 284 g/mol. The largest absolute Gasteiger partial charge is 0.496 e. The molecule has 3 heteroatoms. The molecule has 3 nitrogen and oxygen atoms in total. The molecule has 112 valence electrons. The average Bonchev–Trinajstić information content (AvgIpc) is 2.49. The lowest BCUT2D eigenvalue weighted by molar-refractivity contribution is 0.402. The number of aromatic nitrogens is 1. The summed E-state index contributed by atoms with van der Waals surface area (Å²) in [5, 5.41) is 3.59. The van der Waals surface area contributed by atoms with Crippen LogP contribution in [-0.4, -0.2) is 18.6 Å². The zero-order valence-electron chi connectivity index (χ0n) is 13.3. The smallest absolute Gasteiger partial charge is 0.124 e. The number of pyridine rings is 1. The van der Waals surface area contributed by atoms with Crippen molar-refractivity contribution in [1.82, 2.24) is 10.3 Å². The van der Waals surface area contributed by atoms with Crippen LogP contribution in [0.2, 0.25) is 0 Å². The van der Waals surface area contributed by atoms with E-state index in [2.05, 4.69) is 49.3 Å². The number of nitrogens with one attached hydrogen (secondary N) is 1. The van der Waals surface area contributed by atoms with Crippen LogP contribution in [0.15, 0.2) is 36.5 Å². The van der Waals surface area contributed by atoms with Crippen LogP contribution in [-0.2, 0) is 0 Å². The van der Waals surface area contributed by atoms with E-state index in [1.54, 1.807) is 7.11 Å². The topological polar surface area (TPSA) is 34.2 Å². The summed E-state index contributed by atoms with van der Waals surface area (Å²) in [5.41, 5.74) is 4.64. The summed E-state index contributed by atoms with van der Waals surface area (Å²) in [6.45, 7) is 7.34. The van der Waals surface area contributed by atoms with E-state index in [0.29, 0.717) is 0 Å². The van der Waals surface area contributed by atoms with E-state index < -0.39 is 0 Å². The van der Waals surface area contributed by atoms with Gasteiger partial charge in [-0.2, -0.15) is 0 Å².